The smallest absolute Gasteiger partial charge is 0.231 e. The standard InChI is InChI=1S/C25H28FN5O/c1-18-16-31(12-11-27-18)17-19-3-9-23(10-4-19)30(2)24(32)13-20-14-28-25(29-15-20)21-5-7-22(26)8-6-21/h3-10,14-15,18,27H,11-13,16-17H2,1-2H3/t18-/m0/s1. The Morgan fingerprint density at radius 2 is 1.78 bits per heavy atom. The number of rotatable bonds is 6. The number of carbonyl (C=O) groups excluding carboxylic acids is 1. The third-order valence-corrected chi connectivity index (χ3v) is 5.72. The van der Waals surface area contributed by atoms with Crippen molar-refractivity contribution in [3.63, 3.8) is 0 Å². The van der Waals surface area contributed by atoms with Crippen molar-refractivity contribution in [2.45, 2.75) is 25.9 Å². The summed E-state index contributed by atoms with van der Waals surface area (Å²) < 4.78 is 13.1. The zero-order valence-electron chi connectivity index (χ0n) is 18.5. The maximum Gasteiger partial charge on any atom is 0.231 e. The summed E-state index contributed by atoms with van der Waals surface area (Å²) in [7, 11) is 1.78. The normalized spacial score (nSPS) is 16.7. The average molecular weight is 434 g/mol. The molecule has 1 N–H and O–H groups in total. The molecular weight excluding hydrogens is 405 g/mol. The van der Waals surface area contributed by atoms with Crippen molar-refractivity contribution in [2.75, 3.05) is 31.6 Å². The number of nitrogens with zero attached hydrogens (tertiary/aromatic N) is 4. The zero-order valence-corrected chi connectivity index (χ0v) is 18.5. The molecule has 1 amide bonds. The fourth-order valence-electron chi connectivity index (χ4n) is 3.87. The molecule has 2 aromatic carbocycles. The predicted octanol–water partition coefficient (Wildman–Crippen LogP) is 3.28. The molecule has 7 heteroatoms. The van der Waals surface area contributed by atoms with Gasteiger partial charge in [-0.2, -0.15) is 0 Å². The fourth-order valence-corrected chi connectivity index (χ4v) is 3.87. The largest absolute Gasteiger partial charge is 0.315 e. The minimum atomic E-state index is -0.301. The fraction of sp³-hybridized carbons (Fsp3) is 0.320. The monoisotopic (exact) mass is 433 g/mol. The molecule has 6 nitrogen and oxygen atoms in total. The van der Waals surface area contributed by atoms with Gasteiger partial charge >= 0.3 is 0 Å². The second-order valence-electron chi connectivity index (χ2n) is 8.31. The van der Waals surface area contributed by atoms with E-state index in [-0.39, 0.29) is 18.1 Å². The minimum absolute atomic E-state index is 0.0354. The number of anilines is 1. The second-order valence-corrected chi connectivity index (χ2v) is 8.31. The van der Waals surface area contributed by atoms with E-state index < -0.39 is 0 Å². The molecule has 32 heavy (non-hydrogen) atoms. The topological polar surface area (TPSA) is 61.4 Å². The van der Waals surface area contributed by atoms with Crippen molar-refractivity contribution < 1.29 is 9.18 Å². The quantitative estimate of drug-likeness (QED) is 0.647. The lowest BCUT2D eigenvalue weighted by Crippen LogP contribution is -2.48. The molecule has 1 saturated heterocycles. The van der Waals surface area contributed by atoms with Crippen LogP contribution in [0.5, 0.6) is 0 Å². The SMILES string of the molecule is C[C@H]1CN(Cc2ccc(N(C)C(=O)Cc3cnc(-c4ccc(F)cc4)nc3)cc2)CCN1. The third kappa shape index (κ3) is 5.55. The Kier molecular flexibility index (Phi) is 6.87. The van der Waals surface area contributed by atoms with Gasteiger partial charge in [-0.25, -0.2) is 14.4 Å². The number of aromatic nitrogens is 2. The lowest BCUT2D eigenvalue weighted by Gasteiger charge is -2.31. The van der Waals surface area contributed by atoms with E-state index in [1.807, 2.05) is 12.1 Å². The van der Waals surface area contributed by atoms with Crippen molar-refractivity contribution in [2.24, 2.45) is 0 Å². The Balaban J connectivity index is 1.34. The Morgan fingerprint density at radius 3 is 2.44 bits per heavy atom. The second kappa shape index (κ2) is 9.97. The van der Waals surface area contributed by atoms with E-state index in [0.29, 0.717) is 11.9 Å². The van der Waals surface area contributed by atoms with Crippen LogP contribution in [-0.4, -0.2) is 53.5 Å². The van der Waals surface area contributed by atoms with Crippen LogP contribution in [-0.2, 0) is 17.8 Å². The van der Waals surface area contributed by atoms with Gasteiger partial charge in [-0.1, -0.05) is 12.1 Å². The number of hydrogen-bond donors (Lipinski definition) is 1. The van der Waals surface area contributed by atoms with Crippen molar-refractivity contribution in [3.05, 3.63) is 77.9 Å². The number of nitrogens with one attached hydrogen (secondary N) is 1. The van der Waals surface area contributed by atoms with Gasteiger partial charge in [0, 0.05) is 62.9 Å². The van der Waals surface area contributed by atoms with Crippen LogP contribution in [0.4, 0.5) is 10.1 Å². The summed E-state index contributed by atoms with van der Waals surface area (Å²) in [6, 6.07) is 14.7. The first kappa shape index (κ1) is 22.0. The molecule has 0 saturated carbocycles. The van der Waals surface area contributed by atoms with Crippen LogP contribution in [0.1, 0.15) is 18.1 Å². The summed E-state index contributed by atoms with van der Waals surface area (Å²) in [6.45, 7) is 6.23. The summed E-state index contributed by atoms with van der Waals surface area (Å²) >= 11 is 0. The summed E-state index contributed by atoms with van der Waals surface area (Å²) in [5.41, 5.74) is 3.57. The summed E-state index contributed by atoms with van der Waals surface area (Å²) in [5.74, 6) is 0.168. The molecule has 0 radical (unpaired) electrons. The molecule has 1 aromatic heterocycles. The van der Waals surface area contributed by atoms with Gasteiger partial charge in [-0.3, -0.25) is 9.69 Å². The van der Waals surface area contributed by atoms with Crippen LogP contribution in [0.3, 0.4) is 0 Å². The first-order valence-electron chi connectivity index (χ1n) is 10.9. The molecule has 0 spiro atoms. The van der Waals surface area contributed by atoms with E-state index in [4.69, 9.17) is 0 Å². The highest BCUT2D eigenvalue weighted by Crippen LogP contribution is 2.18. The summed E-state index contributed by atoms with van der Waals surface area (Å²) in [6.07, 6.45) is 3.50. The first-order chi connectivity index (χ1) is 15.5. The van der Waals surface area contributed by atoms with E-state index in [1.165, 1.54) is 17.7 Å². The van der Waals surface area contributed by atoms with Crippen LogP contribution >= 0.6 is 0 Å². The van der Waals surface area contributed by atoms with Crippen LogP contribution in [0.15, 0.2) is 60.9 Å². The van der Waals surface area contributed by atoms with Crippen LogP contribution in [0, 0.1) is 5.82 Å². The first-order valence-corrected chi connectivity index (χ1v) is 10.9. The molecule has 1 atom stereocenters. The zero-order chi connectivity index (χ0) is 22.5. The molecule has 1 aliphatic heterocycles. The third-order valence-electron chi connectivity index (χ3n) is 5.72. The lowest BCUT2D eigenvalue weighted by molar-refractivity contribution is -0.117. The highest BCUT2D eigenvalue weighted by molar-refractivity contribution is 5.94. The molecule has 2 heterocycles. The van der Waals surface area contributed by atoms with E-state index >= 15 is 0 Å². The Morgan fingerprint density at radius 1 is 1.09 bits per heavy atom. The minimum Gasteiger partial charge on any atom is -0.315 e. The number of carbonyl (C=O) groups is 1. The molecule has 0 unspecified atom stereocenters. The maximum atomic E-state index is 13.1. The van der Waals surface area contributed by atoms with Crippen molar-refractivity contribution in [1.82, 2.24) is 20.2 Å². The Bertz CT molecular complexity index is 1040. The number of benzene rings is 2. The Hall–Kier alpha value is -3.16. The van der Waals surface area contributed by atoms with Crippen LogP contribution in [0.25, 0.3) is 11.4 Å². The molecule has 1 aliphatic rings. The number of likely N-dealkylation sites (N-methyl/N-ethyl adjacent to an activating group) is 1. The van der Waals surface area contributed by atoms with Gasteiger partial charge in [0.05, 0.1) is 6.42 Å². The molecule has 4 rings (SSSR count). The van der Waals surface area contributed by atoms with E-state index in [2.05, 4.69) is 39.2 Å². The number of hydrogen-bond acceptors (Lipinski definition) is 5. The van der Waals surface area contributed by atoms with Gasteiger partial charge in [0.15, 0.2) is 5.82 Å². The van der Waals surface area contributed by atoms with Crippen molar-refractivity contribution >= 4 is 11.6 Å². The van der Waals surface area contributed by atoms with Gasteiger partial charge in [0.2, 0.25) is 5.91 Å². The van der Waals surface area contributed by atoms with Gasteiger partial charge in [-0.05, 0) is 54.4 Å². The van der Waals surface area contributed by atoms with Crippen LogP contribution in [0.2, 0.25) is 0 Å². The van der Waals surface area contributed by atoms with Crippen molar-refractivity contribution in [3.8, 4) is 11.4 Å². The highest BCUT2D eigenvalue weighted by atomic mass is 19.1. The number of halogens is 1. The van der Waals surface area contributed by atoms with Gasteiger partial charge in [0.25, 0.3) is 0 Å². The number of piperazine rings is 1. The molecule has 0 bridgehead atoms. The summed E-state index contributed by atoms with van der Waals surface area (Å²) in [5, 5.41) is 3.46. The van der Waals surface area contributed by atoms with Gasteiger partial charge < -0.3 is 10.2 Å². The molecular formula is C25H28FN5O. The van der Waals surface area contributed by atoms with Crippen molar-refractivity contribution in [1.29, 1.82) is 0 Å². The maximum absolute atomic E-state index is 13.1. The molecule has 166 valence electrons. The molecule has 1 fully saturated rings. The van der Waals surface area contributed by atoms with E-state index in [1.54, 1.807) is 36.5 Å². The molecule has 0 aliphatic carbocycles. The highest BCUT2D eigenvalue weighted by Gasteiger charge is 2.16. The van der Waals surface area contributed by atoms with Gasteiger partial charge in [-0.15, -0.1) is 0 Å². The summed E-state index contributed by atoms with van der Waals surface area (Å²) in [4.78, 5) is 25.5. The predicted molar refractivity (Wildman–Crippen MR) is 124 cm³/mol. The van der Waals surface area contributed by atoms with Crippen LogP contribution < -0.4 is 10.2 Å². The lowest BCUT2D eigenvalue weighted by atomic mass is 10.1. The average Bonchev–Trinajstić information content (AvgIpc) is 2.80. The Labute approximate surface area is 188 Å². The van der Waals surface area contributed by atoms with E-state index in [0.717, 1.165) is 43.0 Å². The number of amides is 1. The molecule has 3 aromatic rings. The van der Waals surface area contributed by atoms with E-state index in [9.17, 15) is 9.18 Å². The van der Waals surface area contributed by atoms with Gasteiger partial charge in [0.1, 0.15) is 5.82 Å².